The van der Waals surface area contributed by atoms with E-state index in [1.807, 2.05) is 39.0 Å². The third kappa shape index (κ3) is 4.67. The van der Waals surface area contributed by atoms with Crippen molar-refractivity contribution in [2.45, 2.75) is 34.2 Å². The number of pyridine rings is 1. The van der Waals surface area contributed by atoms with Crippen molar-refractivity contribution < 1.29 is 4.79 Å². The molecule has 6 heteroatoms. The molecule has 6 nitrogen and oxygen atoms in total. The molecule has 0 unspecified atom stereocenters. The highest BCUT2D eigenvalue weighted by Crippen LogP contribution is 2.24. The Morgan fingerprint density at radius 2 is 1.74 bits per heavy atom. The number of carbonyl (C=O) groups excluding carboxylic acids is 1. The minimum atomic E-state index is -0.258. The fourth-order valence-electron chi connectivity index (χ4n) is 2.99. The Labute approximate surface area is 159 Å². The fraction of sp³-hybridized carbons (Fsp3) is 0.238. The number of carbonyl (C=O) groups is 1. The van der Waals surface area contributed by atoms with Crippen LogP contribution in [-0.4, -0.2) is 20.9 Å². The first kappa shape index (κ1) is 18.5. The third-order valence-corrected chi connectivity index (χ3v) is 4.16. The van der Waals surface area contributed by atoms with E-state index >= 15 is 0 Å². The van der Waals surface area contributed by atoms with E-state index in [1.54, 1.807) is 12.3 Å². The average Bonchev–Trinajstić information content (AvgIpc) is 2.63. The monoisotopic (exact) mass is 361 g/mol. The second kappa shape index (κ2) is 7.95. The van der Waals surface area contributed by atoms with Crippen LogP contribution in [0.25, 0.3) is 0 Å². The Morgan fingerprint density at radius 3 is 2.41 bits per heavy atom. The van der Waals surface area contributed by atoms with Gasteiger partial charge in [-0.25, -0.2) is 9.97 Å². The number of hydrogen-bond donors (Lipinski definition) is 2. The molecule has 1 amide bonds. The Kier molecular flexibility index (Phi) is 5.45. The van der Waals surface area contributed by atoms with E-state index in [0.29, 0.717) is 18.2 Å². The number of amides is 1. The molecule has 2 heterocycles. The Hall–Kier alpha value is -3.28. The fourth-order valence-corrected chi connectivity index (χ4v) is 2.99. The van der Waals surface area contributed by atoms with Gasteiger partial charge in [0.1, 0.15) is 5.69 Å². The minimum Gasteiger partial charge on any atom is -0.345 e. The molecule has 2 N–H and O–H groups in total. The lowest BCUT2D eigenvalue weighted by molar-refractivity contribution is 0.0945. The van der Waals surface area contributed by atoms with Crippen molar-refractivity contribution in [1.29, 1.82) is 0 Å². The first-order valence-corrected chi connectivity index (χ1v) is 8.81. The molecule has 0 saturated heterocycles. The molecule has 0 aliphatic carbocycles. The lowest BCUT2D eigenvalue weighted by atomic mass is 10.1. The molecule has 27 heavy (non-hydrogen) atoms. The van der Waals surface area contributed by atoms with Crippen LogP contribution in [0.5, 0.6) is 0 Å². The van der Waals surface area contributed by atoms with E-state index in [-0.39, 0.29) is 5.91 Å². The molecule has 3 aromatic rings. The molecular weight excluding hydrogens is 338 g/mol. The number of aromatic nitrogens is 3. The normalized spacial score (nSPS) is 10.5. The maximum Gasteiger partial charge on any atom is 0.270 e. The van der Waals surface area contributed by atoms with Crippen LogP contribution in [0.3, 0.4) is 0 Å². The van der Waals surface area contributed by atoms with Gasteiger partial charge in [0, 0.05) is 17.6 Å². The molecular formula is C21H23N5O. The number of aryl methyl sites for hydroxylation is 4. The molecule has 0 bridgehead atoms. The summed E-state index contributed by atoms with van der Waals surface area (Å²) in [5.74, 6) is 0.152. The largest absolute Gasteiger partial charge is 0.345 e. The zero-order valence-corrected chi connectivity index (χ0v) is 16.0. The van der Waals surface area contributed by atoms with E-state index in [4.69, 9.17) is 0 Å². The molecule has 0 aliphatic heterocycles. The van der Waals surface area contributed by atoms with Gasteiger partial charge in [-0.2, -0.15) is 0 Å². The topological polar surface area (TPSA) is 79.8 Å². The van der Waals surface area contributed by atoms with Crippen molar-refractivity contribution >= 4 is 17.5 Å². The number of hydrogen-bond acceptors (Lipinski definition) is 5. The average molecular weight is 361 g/mol. The van der Waals surface area contributed by atoms with Crippen molar-refractivity contribution in [3.05, 3.63) is 76.4 Å². The van der Waals surface area contributed by atoms with E-state index in [9.17, 15) is 4.79 Å². The van der Waals surface area contributed by atoms with Crippen molar-refractivity contribution in [3.8, 4) is 0 Å². The summed E-state index contributed by atoms with van der Waals surface area (Å²) in [6.07, 6.45) is 1.70. The highest BCUT2D eigenvalue weighted by atomic mass is 16.1. The predicted molar refractivity (Wildman–Crippen MR) is 106 cm³/mol. The summed E-state index contributed by atoms with van der Waals surface area (Å²) in [4.78, 5) is 25.5. The lowest BCUT2D eigenvalue weighted by Gasteiger charge is -2.14. The lowest BCUT2D eigenvalue weighted by Crippen LogP contribution is -2.25. The van der Waals surface area contributed by atoms with E-state index in [2.05, 4.69) is 44.6 Å². The predicted octanol–water partition coefficient (Wildman–Crippen LogP) is 3.78. The van der Waals surface area contributed by atoms with E-state index in [0.717, 1.165) is 28.2 Å². The van der Waals surface area contributed by atoms with Crippen LogP contribution in [-0.2, 0) is 6.54 Å². The quantitative estimate of drug-likeness (QED) is 0.723. The summed E-state index contributed by atoms with van der Waals surface area (Å²) in [7, 11) is 0. The summed E-state index contributed by atoms with van der Waals surface area (Å²) >= 11 is 0. The number of nitrogens with one attached hydrogen (secondary N) is 2. The molecule has 138 valence electrons. The Bertz CT molecular complexity index is 947. The number of benzene rings is 1. The van der Waals surface area contributed by atoms with Crippen molar-refractivity contribution in [2.24, 2.45) is 0 Å². The van der Waals surface area contributed by atoms with Crippen molar-refractivity contribution in [1.82, 2.24) is 20.3 Å². The number of anilines is 2. The van der Waals surface area contributed by atoms with Gasteiger partial charge in [0.05, 0.1) is 12.2 Å². The van der Waals surface area contributed by atoms with Gasteiger partial charge in [-0.1, -0.05) is 23.8 Å². The zero-order chi connectivity index (χ0) is 19.4. The second-order valence-electron chi connectivity index (χ2n) is 6.62. The van der Waals surface area contributed by atoms with Gasteiger partial charge in [0.15, 0.2) is 0 Å². The molecule has 0 radical (unpaired) electrons. The standard InChI is InChI=1S/C21H23N5O/c1-13-9-14(2)19(15(3)10-13)26-21-24-16(4)11-18(25-21)20(27)23-12-17-7-5-6-8-22-17/h5-11H,12H2,1-4H3,(H,23,27)(H,24,25,26). The highest BCUT2D eigenvalue weighted by molar-refractivity contribution is 5.92. The summed E-state index contributed by atoms with van der Waals surface area (Å²) in [5, 5.41) is 6.11. The van der Waals surface area contributed by atoms with Gasteiger partial charge in [-0.15, -0.1) is 0 Å². The summed E-state index contributed by atoms with van der Waals surface area (Å²) in [6.45, 7) is 8.34. The molecule has 2 aromatic heterocycles. The third-order valence-electron chi connectivity index (χ3n) is 4.16. The Morgan fingerprint density at radius 1 is 1.00 bits per heavy atom. The maximum atomic E-state index is 12.5. The van der Waals surface area contributed by atoms with Crippen LogP contribution >= 0.6 is 0 Å². The van der Waals surface area contributed by atoms with Crippen LogP contribution in [0.15, 0.2) is 42.6 Å². The van der Waals surface area contributed by atoms with Gasteiger partial charge in [-0.3, -0.25) is 9.78 Å². The molecule has 0 saturated carbocycles. The Balaban J connectivity index is 1.79. The molecule has 0 atom stereocenters. The molecule has 1 aromatic carbocycles. The van der Waals surface area contributed by atoms with Crippen LogP contribution in [0.1, 0.15) is 38.6 Å². The summed E-state index contributed by atoms with van der Waals surface area (Å²) in [6, 6.07) is 11.5. The number of rotatable bonds is 5. The highest BCUT2D eigenvalue weighted by Gasteiger charge is 2.12. The summed E-state index contributed by atoms with van der Waals surface area (Å²) < 4.78 is 0. The first-order chi connectivity index (χ1) is 12.9. The van der Waals surface area contributed by atoms with Gasteiger partial charge < -0.3 is 10.6 Å². The smallest absolute Gasteiger partial charge is 0.270 e. The van der Waals surface area contributed by atoms with Crippen LogP contribution in [0.2, 0.25) is 0 Å². The first-order valence-electron chi connectivity index (χ1n) is 8.81. The van der Waals surface area contributed by atoms with Crippen molar-refractivity contribution in [2.75, 3.05) is 5.32 Å². The van der Waals surface area contributed by atoms with Crippen LogP contribution < -0.4 is 10.6 Å². The summed E-state index contributed by atoms with van der Waals surface area (Å²) in [5.41, 5.74) is 6.22. The molecule has 0 aliphatic rings. The van der Waals surface area contributed by atoms with Crippen molar-refractivity contribution in [3.63, 3.8) is 0 Å². The van der Waals surface area contributed by atoms with Gasteiger partial charge in [-0.05, 0) is 57.0 Å². The van der Waals surface area contributed by atoms with Gasteiger partial charge in [0.25, 0.3) is 5.91 Å². The van der Waals surface area contributed by atoms with Gasteiger partial charge >= 0.3 is 0 Å². The van der Waals surface area contributed by atoms with Crippen LogP contribution in [0, 0.1) is 27.7 Å². The minimum absolute atomic E-state index is 0.258. The zero-order valence-electron chi connectivity index (χ0n) is 16.0. The van der Waals surface area contributed by atoms with Crippen LogP contribution in [0.4, 0.5) is 11.6 Å². The van der Waals surface area contributed by atoms with Gasteiger partial charge in [0.2, 0.25) is 5.95 Å². The number of nitrogens with zero attached hydrogens (tertiary/aromatic N) is 3. The van der Waals surface area contributed by atoms with E-state index in [1.165, 1.54) is 5.56 Å². The molecule has 3 rings (SSSR count). The second-order valence-corrected chi connectivity index (χ2v) is 6.62. The maximum absolute atomic E-state index is 12.5. The van der Waals surface area contributed by atoms with E-state index < -0.39 is 0 Å². The molecule has 0 fully saturated rings. The SMILES string of the molecule is Cc1cc(C)c(Nc2nc(C)cc(C(=O)NCc3ccccn3)n2)c(C)c1. The molecule has 0 spiro atoms.